The molecule has 1 aliphatic heterocycles. The van der Waals surface area contributed by atoms with Gasteiger partial charge >= 0.3 is 5.97 Å². The number of halogens is 2. The molecular formula is C11H9Cl2NO3. The van der Waals surface area contributed by atoms with Gasteiger partial charge in [0.2, 0.25) is 0 Å². The molecule has 1 aliphatic rings. The maximum absolute atomic E-state index is 10.7. The van der Waals surface area contributed by atoms with E-state index >= 15 is 0 Å². The highest BCUT2D eigenvalue weighted by molar-refractivity contribution is 6.35. The largest absolute Gasteiger partial charge is 0.477 e. The first-order valence-corrected chi connectivity index (χ1v) is 5.62. The first kappa shape index (κ1) is 12.2. The van der Waals surface area contributed by atoms with Crippen LogP contribution in [0.3, 0.4) is 0 Å². The van der Waals surface area contributed by atoms with Gasteiger partial charge in [0.15, 0.2) is 0 Å². The molecule has 0 saturated heterocycles. The minimum atomic E-state index is -1.05. The molecule has 1 heterocycles. The Kier molecular flexibility index (Phi) is 3.57. The molecule has 0 spiro atoms. The van der Waals surface area contributed by atoms with Crippen LogP contribution in [0.15, 0.2) is 30.0 Å². The van der Waals surface area contributed by atoms with Crippen molar-refractivity contribution >= 4 is 29.2 Å². The summed E-state index contributed by atoms with van der Waals surface area (Å²) < 4.78 is 0. The highest BCUT2D eigenvalue weighted by atomic mass is 35.5. The molecule has 0 aliphatic carbocycles. The van der Waals surface area contributed by atoms with Crippen LogP contribution in [0, 0.1) is 0 Å². The van der Waals surface area contributed by atoms with Crippen LogP contribution in [0.1, 0.15) is 5.56 Å². The van der Waals surface area contributed by atoms with Crippen LogP contribution in [0.25, 0.3) is 0 Å². The first-order chi connectivity index (χ1) is 8.06. The van der Waals surface area contributed by atoms with E-state index in [0.29, 0.717) is 16.5 Å². The fourth-order valence-electron chi connectivity index (χ4n) is 1.51. The molecule has 90 valence electrons. The molecule has 4 nitrogen and oxygen atoms in total. The van der Waals surface area contributed by atoms with Crippen molar-refractivity contribution in [2.45, 2.75) is 12.5 Å². The number of hydroxylamine groups is 1. The Labute approximate surface area is 108 Å². The maximum atomic E-state index is 10.7. The molecule has 2 N–H and O–H groups in total. The normalized spacial score (nSPS) is 18.7. The molecule has 0 saturated carbocycles. The summed E-state index contributed by atoms with van der Waals surface area (Å²) in [6.45, 7) is 0. The van der Waals surface area contributed by atoms with Gasteiger partial charge in [-0.25, -0.2) is 4.79 Å². The minimum absolute atomic E-state index is 0.0417. The molecule has 0 aromatic heterocycles. The molecule has 2 rings (SSSR count). The number of benzene rings is 1. The molecule has 1 aromatic rings. The van der Waals surface area contributed by atoms with Gasteiger partial charge in [-0.3, -0.25) is 10.3 Å². The van der Waals surface area contributed by atoms with Crippen molar-refractivity contribution in [3.05, 3.63) is 45.6 Å². The van der Waals surface area contributed by atoms with Crippen molar-refractivity contribution in [2.75, 3.05) is 0 Å². The Morgan fingerprint density at radius 2 is 2.24 bits per heavy atom. The SMILES string of the molecule is O=C(O)C1=CC(Cc2ccc(Cl)cc2Cl)ON1. The predicted molar refractivity (Wildman–Crippen MR) is 63.9 cm³/mol. The van der Waals surface area contributed by atoms with Crippen LogP contribution in [-0.2, 0) is 16.1 Å². The first-order valence-electron chi connectivity index (χ1n) is 4.87. The molecule has 1 unspecified atom stereocenters. The van der Waals surface area contributed by atoms with Crippen LogP contribution in [-0.4, -0.2) is 17.2 Å². The van der Waals surface area contributed by atoms with Crippen molar-refractivity contribution in [1.82, 2.24) is 5.48 Å². The molecule has 1 atom stereocenters. The van der Waals surface area contributed by atoms with Crippen LogP contribution < -0.4 is 5.48 Å². The van der Waals surface area contributed by atoms with Crippen LogP contribution in [0.5, 0.6) is 0 Å². The van der Waals surface area contributed by atoms with Gasteiger partial charge in [-0.2, -0.15) is 0 Å². The monoisotopic (exact) mass is 273 g/mol. The third-order valence-corrected chi connectivity index (χ3v) is 2.93. The predicted octanol–water partition coefficient (Wildman–Crippen LogP) is 2.41. The van der Waals surface area contributed by atoms with E-state index in [0.717, 1.165) is 5.56 Å². The molecule has 6 heteroatoms. The summed E-state index contributed by atoms with van der Waals surface area (Å²) in [7, 11) is 0. The lowest BCUT2D eigenvalue weighted by molar-refractivity contribution is -0.134. The van der Waals surface area contributed by atoms with E-state index in [1.165, 1.54) is 6.08 Å². The standard InChI is InChI=1S/C11H9Cl2NO3/c12-7-2-1-6(9(13)4-7)3-8-5-10(11(15)16)14-17-8/h1-2,4-5,8,14H,3H2,(H,15,16). The lowest BCUT2D eigenvalue weighted by atomic mass is 10.1. The summed E-state index contributed by atoms with van der Waals surface area (Å²) in [5, 5.41) is 9.83. The molecular weight excluding hydrogens is 265 g/mol. The lowest BCUT2D eigenvalue weighted by Gasteiger charge is -2.08. The average Bonchev–Trinajstić information content (AvgIpc) is 2.71. The number of aliphatic carboxylic acids is 1. The maximum Gasteiger partial charge on any atom is 0.354 e. The molecule has 0 bridgehead atoms. The van der Waals surface area contributed by atoms with E-state index < -0.39 is 5.97 Å². The van der Waals surface area contributed by atoms with Crippen molar-refractivity contribution < 1.29 is 14.7 Å². The Bertz CT molecular complexity index is 488. The Morgan fingerprint density at radius 1 is 1.47 bits per heavy atom. The average molecular weight is 274 g/mol. The van der Waals surface area contributed by atoms with Crippen molar-refractivity contribution in [2.24, 2.45) is 0 Å². The van der Waals surface area contributed by atoms with E-state index in [1.807, 2.05) is 0 Å². The fraction of sp³-hybridized carbons (Fsp3) is 0.182. The zero-order valence-corrected chi connectivity index (χ0v) is 10.1. The second-order valence-corrected chi connectivity index (χ2v) is 4.43. The number of nitrogens with one attached hydrogen (secondary N) is 1. The van der Waals surface area contributed by atoms with Crippen molar-refractivity contribution in [1.29, 1.82) is 0 Å². The van der Waals surface area contributed by atoms with E-state index in [9.17, 15) is 4.79 Å². The number of carbonyl (C=O) groups is 1. The molecule has 0 radical (unpaired) electrons. The zero-order chi connectivity index (χ0) is 12.4. The highest BCUT2D eigenvalue weighted by Gasteiger charge is 2.21. The number of carboxylic acids is 1. The summed E-state index contributed by atoms with van der Waals surface area (Å²) in [5.74, 6) is -1.05. The third-order valence-electron chi connectivity index (χ3n) is 2.34. The van der Waals surface area contributed by atoms with Crippen LogP contribution in [0.4, 0.5) is 0 Å². The van der Waals surface area contributed by atoms with Crippen molar-refractivity contribution in [3.63, 3.8) is 0 Å². The third kappa shape index (κ3) is 2.91. The quantitative estimate of drug-likeness (QED) is 0.888. The second kappa shape index (κ2) is 4.96. The van der Waals surface area contributed by atoms with Gasteiger partial charge in [0, 0.05) is 16.5 Å². The molecule has 17 heavy (non-hydrogen) atoms. The summed E-state index contributed by atoms with van der Waals surface area (Å²) in [5.41, 5.74) is 3.24. The molecule has 0 fully saturated rings. The Hall–Kier alpha value is -1.23. The van der Waals surface area contributed by atoms with Crippen LogP contribution in [0.2, 0.25) is 10.0 Å². The van der Waals surface area contributed by atoms with Gasteiger partial charge in [-0.05, 0) is 23.8 Å². The number of rotatable bonds is 3. The van der Waals surface area contributed by atoms with Gasteiger partial charge in [0.05, 0.1) is 0 Å². The molecule has 1 aromatic carbocycles. The van der Waals surface area contributed by atoms with Gasteiger partial charge in [0.1, 0.15) is 11.8 Å². The zero-order valence-electron chi connectivity index (χ0n) is 8.61. The topological polar surface area (TPSA) is 58.6 Å². The number of carboxylic acid groups (broad SMARTS) is 1. The van der Waals surface area contributed by atoms with E-state index in [1.54, 1.807) is 18.2 Å². The fourth-order valence-corrected chi connectivity index (χ4v) is 2.00. The summed E-state index contributed by atoms with van der Waals surface area (Å²) in [4.78, 5) is 15.8. The lowest BCUT2D eigenvalue weighted by Crippen LogP contribution is -2.17. The summed E-state index contributed by atoms with van der Waals surface area (Å²) in [6.07, 6.45) is 1.65. The van der Waals surface area contributed by atoms with E-state index in [4.69, 9.17) is 33.1 Å². The van der Waals surface area contributed by atoms with E-state index in [-0.39, 0.29) is 11.8 Å². The van der Waals surface area contributed by atoms with E-state index in [2.05, 4.69) is 5.48 Å². The Balaban J connectivity index is 2.10. The highest BCUT2D eigenvalue weighted by Crippen LogP contribution is 2.23. The number of hydrogen-bond acceptors (Lipinski definition) is 3. The van der Waals surface area contributed by atoms with Gasteiger partial charge < -0.3 is 5.11 Å². The smallest absolute Gasteiger partial charge is 0.354 e. The number of hydrogen-bond donors (Lipinski definition) is 2. The second-order valence-electron chi connectivity index (χ2n) is 3.58. The minimum Gasteiger partial charge on any atom is -0.477 e. The van der Waals surface area contributed by atoms with Gasteiger partial charge in [-0.1, -0.05) is 29.3 Å². The van der Waals surface area contributed by atoms with Crippen LogP contribution >= 0.6 is 23.2 Å². The Morgan fingerprint density at radius 3 is 2.82 bits per heavy atom. The van der Waals surface area contributed by atoms with Gasteiger partial charge in [0.25, 0.3) is 0 Å². The van der Waals surface area contributed by atoms with Crippen molar-refractivity contribution in [3.8, 4) is 0 Å². The summed E-state index contributed by atoms with van der Waals surface area (Å²) in [6, 6.07) is 5.16. The molecule has 0 amide bonds. The summed E-state index contributed by atoms with van der Waals surface area (Å²) >= 11 is 11.8. The van der Waals surface area contributed by atoms with Gasteiger partial charge in [-0.15, -0.1) is 0 Å².